The van der Waals surface area contributed by atoms with Crippen LogP contribution < -0.4 is 4.31 Å². The van der Waals surface area contributed by atoms with Crippen LogP contribution in [0.25, 0.3) is 5.57 Å². The van der Waals surface area contributed by atoms with Gasteiger partial charge in [0.05, 0.1) is 16.6 Å². The molecule has 1 atom stereocenters. The smallest absolute Gasteiger partial charge is 0.258 e. The Labute approximate surface area is 172 Å². The second kappa shape index (κ2) is 6.89. The van der Waals surface area contributed by atoms with Crippen molar-refractivity contribution in [2.45, 2.75) is 37.1 Å². The van der Waals surface area contributed by atoms with E-state index in [1.54, 1.807) is 16.4 Å². The number of hydrogen-bond donors (Lipinski definition) is 0. The van der Waals surface area contributed by atoms with E-state index >= 15 is 0 Å². The fraction of sp³-hybridized carbons (Fsp3) is 0.200. The molecule has 0 bridgehead atoms. The van der Waals surface area contributed by atoms with E-state index in [9.17, 15) is 8.42 Å². The molecule has 1 aliphatic carbocycles. The van der Waals surface area contributed by atoms with Gasteiger partial charge in [-0.25, -0.2) is 8.42 Å². The lowest BCUT2D eigenvalue weighted by Crippen LogP contribution is -2.39. The standard InChI is InChI=1S/C25H23NO2S/c1-18-13-15-21(16-14-18)29(27,28)26-24-12-5-3-8-20(24)17-25(26)23-11-6-9-19-7-2-4-10-22(19)23/h2-5,7-8,10-16,25H,6,9,17H2,1H3. The summed E-state index contributed by atoms with van der Waals surface area (Å²) in [4.78, 5) is 0.342. The Hall–Kier alpha value is -2.85. The van der Waals surface area contributed by atoms with E-state index in [0.29, 0.717) is 11.3 Å². The number of benzene rings is 3. The summed E-state index contributed by atoms with van der Waals surface area (Å²) in [6, 6.07) is 23.2. The average Bonchev–Trinajstić information content (AvgIpc) is 3.14. The third-order valence-electron chi connectivity index (χ3n) is 5.97. The summed E-state index contributed by atoms with van der Waals surface area (Å²) in [6.07, 6.45) is 4.87. The van der Waals surface area contributed by atoms with Crippen molar-refractivity contribution in [3.8, 4) is 0 Å². The largest absolute Gasteiger partial charge is 0.264 e. The first-order valence-corrected chi connectivity index (χ1v) is 11.5. The van der Waals surface area contributed by atoms with Crippen LogP contribution in [0.15, 0.2) is 83.8 Å². The highest BCUT2D eigenvalue weighted by Crippen LogP contribution is 2.43. The van der Waals surface area contributed by atoms with Crippen molar-refractivity contribution < 1.29 is 8.42 Å². The summed E-state index contributed by atoms with van der Waals surface area (Å²) < 4.78 is 29.2. The van der Waals surface area contributed by atoms with Gasteiger partial charge in [0.25, 0.3) is 10.0 Å². The van der Waals surface area contributed by atoms with Crippen molar-refractivity contribution in [2.24, 2.45) is 0 Å². The van der Waals surface area contributed by atoms with Crippen LogP contribution in [0.5, 0.6) is 0 Å². The van der Waals surface area contributed by atoms with Crippen LogP contribution in [0, 0.1) is 6.92 Å². The van der Waals surface area contributed by atoms with Gasteiger partial charge in [-0.15, -0.1) is 0 Å². The van der Waals surface area contributed by atoms with Crippen molar-refractivity contribution in [3.63, 3.8) is 0 Å². The summed E-state index contributed by atoms with van der Waals surface area (Å²) in [7, 11) is -3.68. The van der Waals surface area contributed by atoms with Gasteiger partial charge in [0.1, 0.15) is 0 Å². The number of para-hydroxylation sites is 1. The Morgan fingerprint density at radius 1 is 0.862 bits per heavy atom. The number of allylic oxidation sites excluding steroid dienone is 1. The first-order chi connectivity index (χ1) is 14.1. The minimum atomic E-state index is -3.68. The zero-order valence-electron chi connectivity index (χ0n) is 16.4. The van der Waals surface area contributed by atoms with Crippen LogP contribution in [0.4, 0.5) is 5.69 Å². The fourth-order valence-electron chi connectivity index (χ4n) is 4.54. The van der Waals surface area contributed by atoms with Gasteiger partial charge in [-0.2, -0.15) is 0 Å². The summed E-state index contributed by atoms with van der Waals surface area (Å²) in [6.45, 7) is 1.97. The van der Waals surface area contributed by atoms with Gasteiger partial charge in [-0.1, -0.05) is 66.2 Å². The summed E-state index contributed by atoms with van der Waals surface area (Å²) >= 11 is 0. The molecule has 0 N–H and O–H groups in total. The van der Waals surface area contributed by atoms with Crippen LogP contribution in [0.3, 0.4) is 0 Å². The van der Waals surface area contributed by atoms with Crippen molar-refractivity contribution in [1.29, 1.82) is 0 Å². The molecular weight excluding hydrogens is 378 g/mol. The van der Waals surface area contributed by atoms with Crippen LogP contribution in [-0.4, -0.2) is 14.5 Å². The maximum atomic E-state index is 13.8. The minimum Gasteiger partial charge on any atom is -0.258 e. The molecule has 4 heteroatoms. The van der Waals surface area contributed by atoms with Crippen molar-refractivity contribution in [3.05, 3.63) is 101 Å². The van der Waals surface area contributed by atoms with E-state index in [2.05, 4.69) is 24.3 Å². The first kappa shape index (κ1) is 18.2. The number of sulfonamides is 1. The van der Waals surface area contributed by atoms with E-state index in [1.165, 1.54) is 11.1 Å². The fourth-order valence-corrected chi connectivity index (χ4v) is 6.21. The second-order valence-corrected chi connectivity index (χ2v) is 9.63. The highest BCUT2D eigenvalue weighted by Gasteiger charge is 2.41. The lowest BCUT2D eigenvalue weighted by Gasteiger charge is -2.31. The van der Waals surface area contributed by atoms with Gasteiger partial charge < -0.3 is 0 Å². The minimum absolute atomic E-state index is 0.222. The molecule has 29 heavy (non-hydrogen) atoms. The molecule has 1 unspecified atom stereocenters. The Balaban J connectivity index is 1.66. The molecule has 0 spiro atoms. The van der Waals surface area contributed by atoms with E-state index in [1.807, 2.05) is 49.4 Å². The summed E-state index contributed by atoms with van der Waals surface area (Å²) in [5.41, 5.74) is 6.53. The van der Waals surface area contributed by atoms with E-state index < -0.39 is 10.0 Å². The van der Waals surface area contributed by atoms with Crippen molar-refractivity contribution in [2.75, 3.05) is 4.31 Å². The van der Waals surface area contributed by atoms with Crippen LogP contribution in [-0.2, 0) is 22.9 Å². The molecule has 3 aromatic carbocycles. The normalized spacial score (nSPS) is 18.2. The highest BCUT2D eigenvalue weighted by molar-refractivity contribution is 7.93. The molecule has 3 nitrogen and oxygen atoms in total. The lowest BCUT2D eigenvalue weighted by molar-refractivity contribution is 0.588. The van der Waals surface area contributed by atoms with E-state index in [-0.39, 0.29) is 6.04 Å². The van der Waals surface area contributed by atoms with Crippen molar-refractivity contribution >= 4 is 21.3 Å². The maximum Gasteiger partial charge on any atom is 0.264 e. The van der Waals surface area contributed by atoms with Crippen LogP contribution in [0.2, 0.25) is 0 Å². The molecule has 3 aromatic rings. The van der Waals surface area contributed by atoms with Crippen LogP contribution in [0.1, 0.15) is 28.7 Å². The molecular formula is C25H23NO2S. The molecule has 0 fully saturated rings. The molecule has 2 aliphatic rings. The molecule has 1 aliphatic heterocycles. The topological polar surface area (TPSA) is 37.4 Å². The summed E-state index contributed by atoms with van der Waals surface area (Å²) in [5, 5.41) is 0. The predicted octanol–water partition coefficient (Wildman–Crippen LogP) is 5.14. The van der Waals surface area contributed by atoms with Gasteiger partial charge in [-0.3, -0.25) is 4.31 Å². The number of fused-ring (bicyclic) bond motifs is 2. The van der Waals surface area contributed by atoms with E-state index in [0.717, 1.165) is 35.2 Å². The zero-order valence-corrected chi connectivity index (χ0v) is 17.2. The summed E-state index contributed by atoms with van der Waals surface area (Å²) in [5.74, 6) is 0. The van der Waals surface area contributed by atoms with Gasteiger partial charge in [0.15, 0.2) is 0 Å². The first-order valence-electron chi connectivity index (χ1n) is 10.0. The van der Waals surface area contributed by atoms with Gasteiger partial charge in [-0.05, 0) is 60.2 Å². The maximum absolute atomic E-state index is 13.8. The van der Waals surface area contributed by atoms with E-state index in [4.69, 9.17) is 0 Å². The monoisotopic (exact) mass is 401 g/mol. The van der Waals surface area contributed by atoms with Crippen molar-refractivity contribution in [1.82, 2.24) is 0 Å². The number of aryl methyl sites for hydroxylation is 2. The molecule has 1 heterocycles. The van der Waals surface area contributed by atoms with Crippen LogP contribution >= 0.6 is 0 Å². The predicted molar refractivity (Wildman–Crippen MR) is 118 cm³/mol. The Kier molecular flexibility index (Phi) is 4.32. The third-order valence-corrected chi connectivity index (χ3v) is 7.81. The molecule has 146 valence electrons. The number of hydrogen-bond acceptors (Lipinski definition) is 2. The number of rotatable bonds is 3. The molecule has 5 rings (SSSR count). The molecule has 0 saturated carbocycles. The average molecular weight is 402 g/mol. The lowest BCUT2D eigenvalue weighted by atomic mass is 9.86. The molecule has 0 aromatic heterocycles. The number of anilines is 1. The molecule has 0 amide bonds. The molecule has 0 radical (unpaired) electrons. The zero-order chi connectivity index (χ0) is 20.0. The highest BCUT2D eigenvalue weighted by atomic mass is 32.2. The second-order valence-electron chi connectivity index (χ2n) is 7.82. The SMILES string of the molecule is Cc1ccc(S(=O)(=O)N2c3ccccc3CC2C2=CCCc3ccccc32)cc1. The van der Waals surface area contributed by atoms with Gasteiger partial charge in [0, 0.05) is 6.42 Å². The van der Waals surface area contributed by atoms with Gasteiger partial charge >= 0.3 is 0 Å². The Bertz CT molecular complexity index is 1210. The molecule has 0 saturated heterocycles. The Morgan fingerprint density at radius 2 is 1.55 bits per heavy atom. The third kappa shape index (κ3) is 2.99. The Morgan fingerprint density at radius 3 is 2.34 bits per heavy atom. The van der Waals surface area contributed by atoms with Gasteiger partial charge in [0.2, 0.25) is 0 Å². The number of nitrogens with zero attached hydrogens (tertiary/aromatic N) is 1. The quantitative estimate of drug-likeness (QED) is 0.609.